The van der Waals surface area contributed by atoms with Gasteiger partial charge in [-0.05, 0) is 32.4 Å². The van der Waals surface area contributed by atoms with Gasteiger partial charge in [0.25, 0.3) is 0 Å². The van der Waals surface area contributed by atoms with E-state index in [9.17, 15) is 8.78 Å². The van der Waals surface area contributed by atoms with Crippen LogP contribution in [0.2, 0.25) is 0 Å². The van der Waals surface area contributed by atoms with Crippen molar-refractivity contribution >= 4 is 12.2 Å². The van der Waals surface area contributed by atoms with E-state index in [1.54, 1.807) is 13.8 Å². The molecule has 0 spiro atoms. The molecule has 0 aliphatic carbocycles. The summed E-state index contributed by atoms with van der Waals surface area (Å²) in [6.07, 6.45) is 0. The minimum Gasteiger partial charge on any atom is -0.347 e. The van der Waals surface area contributed by atoms with Crippen LogP contribution in [0.1, 0.15) is 17.0 Å². The smallest absolute Gasteiger partial charge is 0.138 e. The lowest BCUT2D eigenvalue weighted by Crippen LogP contribution is -2.01. The standard InChI is InChI=1S/C13H12F2N2S/c1-6-4-5-9(14)10(11(6)15)12-13(18)17-8(3)7(2)16-12/h4-5H,1-3H3,(H,17,18). The SMILES string of the molecule is Cc1ccc(F)c(-c2nc(C)c(C)[nH]c2=S)c1F. The highest BCUT2D eigenvalue weighted by Crippen LogP contribution is 2.27. The summed E-state index contributed by atoms with van der Waals surface area (Å²) in [5.41, 5.74) is 1.79. The first-order chi connectivity index (χ1) is 8.41. The Morgan fingerprint density at radius 3 is 2.50 bits per heavy atom. The minimum atomic E-state index is -0.659. The van der Waals surface area contributed by atoms with Crippen LogP contribution in [-0.4, -0.2) is 9.97 Å². The third-order valence-corrected chi connectivity index (χ3v) is 3.15. The average molecular weight is 266 g/mol. The lowest BCUT2D eigenvalue weighted by molar-refractivity contribution is 0.582. The van der Waals surface area contributed by atoms with E-state index < -0.39 is 11.6 Å². The third-order valence-electron chi connectivity index (χ3n) is 2.86. The third kappa shape index (κ3) is 2.06. The topological polar surface area (TPSA) is 28.7 Å². The van der Waals surface area contributed by atoms with E-state index in [4.69, 9.17) is 12.2 Å². The van der Waals surface area contributed by atoms with Crippen molar-refractivity contribution in [3.63, 3.8) is 0 Å². The van der Waals surface area contributed by atoms with Crippen molar-refractivity contribution in [3.05, 3.63) is 45.4 Å². The second-order valence-corrected chi connectivity index (χ2v) is 4.59. The first kappa shape index (κ1) is 12.8. The Hall–Kier alpha value is -1.62. The molecule has 0 saturated heterocycles. The first-order valence-corrected chi connectivity index (χ1v) is 5.85. The molecule has 2 rings (SSSR count). The van der Waals surface area contributed by atoms with Gasteiger partial charge in [0, 0.05) is 5.69 Å². The van der Waals surface area contributed by atoms with E-state index in [0.29, 0.717) is 11.3 Å². The van der Waals surface area contributed by atoms with Gasteiger partial charge < -0.3 is 4.98 Å². The molecular weight excluding hydrogens is 254 g/mol. The van der Waals surface area contributed by atoms with Gasteiger partial charge in [-0.1, -0.05) is 18.3 Å². The van der Waals surface area contributed by atoms with E-state index >= 15 is 0 Å². The summed E-state index contributed by atoms with van der Waals surface area (Å²) >= 11 is 5.09. The Bertz CT molecular complexity index is 677. The van der Waals surface area contributed by atoms with Gasteiger partial charge >= 0.3 is 0 Å². The van der Waals surface area contributed by atoms with Crippen LogP contribution in [0, 0.1) is 37.0 Å². The summed E-state index contributed by atoms with van der Waals surface area (Å²) < 4.78 is 28.0. The van der Waals surface area contributed by atoms with Crippen LogP contribution in [0.3, 0.4) is 0 Å². The summed E-state index contributed by atoms with van der Waals surface area (Å²) in [6.45, 7) is 5.15. The number of hydrogen-bond donors (Lipinski definition) is 1. The number of nitrogens with one attached hydrogen (secondary N) is 1. The Morgan fingerprint density at radius 1 is 1.17 bits per heavy atom. The van der Waals surface area contributed by atoms with Crippen molar-refractivity contribution in [2.45, 2.75) is 20.8 Å². The molecule has 0 atom stereocenters. The van der Waals surface area contributed by atoms with Gasteiger partial charge in [0.1, 0.15) is 22.0 Å². The monoisotopic (exact) mass is 266 g/mol. The van der Waals surface area contributed by atoms with Gasteiger partial charge in [-0.25, -0.2) is 13.8 Å². The highest BCUT2D eigenvalue weighted by molar-refractivity contribution is 7.71. The van der Waals surface area contributed by atoms with E-state index in [-0.39, 0.29) is 15.9 Å². The summed E-state index contributed by atoms with van der Waals surface area (Å²) in [6, 6.07) is 2.61. The largest absolute Gasteiger partial charge is 0.347 e. The number of halogens is 2. The number of hydrogen-bond acceptors (Lipinski definition) is 2. The fourth-order valence-electron chi connectivity index (χ4n) is 1.67. The molecule has 0 aliphatic rings. The fourth-order valence-corrected chi connectivity index (χ4v) is 1.97. The van der Waals surface area contributed by atoms with E-state index in [0.717, 1.165) is 5.69 Å². The predicted octanol–water partition coefficient (Wildman–Crippen LogP) is 4.01. The van der Waals surface area contributed by atoms with Crippen LogP contribution in [0.25, 0.3) is 11.3 Å². The molecule has 1 heterocycles. The highest BCUT2D eigenvalue weighted by atomic mass is 32.1. The van der Waals surface area contributed by atoms with Crippen molar-refractivity contribution in [1.29, 1.82) is 0 Å². The van der Waals surface area contributed by atoms with Crippen LogP contribution in [0.4, 0.5) is 8.78 Å². The first-order valence-electron chi connectivity index (χ1n) is 5.44. The molecular formula is C13H12F2N2S. The quantitative estimate of drug-likeness (QED) is 0.790. The Balaban J connectivity index is 2.82. The van der Waals surface area contributed by atoms with Crippen LogP contribution < -0.4 is 0 Å². The summed E-state index contributed by atoms with van der Waals surface area (Å²) in [7, 11) is 0. The number of rotatable bonds is 1. The number of nitrogens with zero attached hydrogens (tertiary/aromatic N) is 1. The molecule has 0 amide bonds. The van der Waals surface area contributed by atoms with Gasteiger partial charge in [0.15, 0.2) is 0 Å². The van der Waals surface area contributed by atoms with Crippen molar-refractivity contribution < 1.29 is 8.78 Å². The van der Waals surface area contributed by atoms with Crippen molar-refractivity contribution in [2.75, 3.05) is 0 Å². The van der Waals surface area contributed by atoms with Gasteiger partial charge in [0.2, 0.25) is 0 Å². The molecule has 0 radical (unpaired) electrons. The summed E-state index contributed by atoms with van der Waals surface area (Å²) in [5.74, 6) is -1.28. The normalized spacial score (nSPS) is 10.7. The average Bonchev–Trinajstić information content (AvgIpc) is 2.31. The molecule has 0 fully saturated rings. The zero-order valence-electron chi connectivity index (χ0n) is 10.3. The molecule has 18 heavy (non-hydrogen) atoms. The fraction of sp³-hybridized carbons (Fsp3) is 0.231. The number of aromatic nitrogens is 2. The minimum absolute atomic E-state index is 0.145. The molecule has 2 nitrogen and oxygen atoms in total. The molecule has 0 bridgehead atoms. The van der Waals surface area contributed by atoms with Crippen molar-refractivity contribution in [1.82, 2.24) is 9.97 Å². The zero-order chi connectivity index (χ0) is 13.4. The molecule has 0 unspecified atom stereocenters. The van der Waals surface area contributed by atoms with Gasteiger partial charge in [-0.2, -0.15) is 0 Å². The molecule has 2 aromatic rings. The Kier molecular flexibility index (Phi) is 3.26. The van der Waals surface area contributed by atoms with Crippen molar-refractivity contribution in [2.24, 2.45) is 0 Å². The second kappa shape index (κ2) is 4.57. The van der Waals surface area contributed by atoms with Crippen molar-refractivity contribution in [3.8, 4) is 11.3 Å². The summed E-state index contributed by atoms with van der Waals surface area (Å²) in [5, 5.41) is 0. The molecule has 0 saturated carbocycles. The molecule has 1 aromatic carbocycles. The zero-order valence-corrected chi connectivity index (χ0v) is 11.1. The van der Waals surface area contributed by atoms with Crippen LogP contribution in [-0.2, 0) is 0 Å². The number of benzene rings is 1. The number of aromatic amines is 1. The maximum absolute atomic E-state index is 14.0. The second-order valence-electron chi connectivity index (χ2n) is 4.18. The molecule has 1 aromatic heterocycles. The molecule has 1 N–H and O–H groups in total. The Labute approximate surface area is 109 Å². The summed E-state index contributed by atoms with van der Waals surface area (Å²) in [4.78, 5) is 7.09. The maximum Gasteiger partial charge on any atom is 0.138 e. The highest BCUT2D eigenvalue weighted by Gasteiger charge is 2.17. The Morgan fingerprint density at radius 2 is 1.83 bits per heavy atom. The predicted molar refractivity (Wildman–Crippen MR) is 69.0 cm³/mol. The molecule has 5 heteroatoms. The van der Waals surface area contributed by atoms with E-state index in [1.165, 1.54) is 12.1 Å². The number of H-pyrrole nitrogens is 1. The van der Waals surface area contributed by atoms with Gasteiger partial charge in [-0.15, -0.1) is 0 Å². The van der Waals surface area contributed by atoms with Crippen LogP contribution in [0.15, 0.2) is 12.1 Å². The molecule has 94 valence electrons. The number of aryl methyl sites for hydroxylation is 3. The molecule has 0 aliphatic heterocycles. The van der Waals surface area contributed by atoms with Gasteiger partial charge in [0.05, 0.1) is 11.3 Å². The lowest BCUT2D eigenvalue weighted by Gasteiger charge is -2.09. The lowest BCUT2D eigenvalue weighted by atomic mass is 10.1. The van der Waals surface area contributed by atoms with E-state index in [2.05, 4.69) is 9.97 Å². The van der Waals surface area contributed by atoms with Crippen LogP contribution in [0.5, 0.6) is 0 Å². The van der Waals surface area contributed by atoms with E-state index in [1.807, 2.05) is 6.92 Å². The van der Waals surface area contributed by atoms with Gasteiger partial charge in [-0.3, -0.25) is 0 Å². The maximum atomic E-state index is 14.0. The van der Waals surface area contributed by atoms with Crippen LogP contribution >= 0.6 is 12.2 Å².